The zero-order valence-electron chi connectivity index (χ0n) is 8.24. The summed E-state index contributed by atoms with van der Waals surface area (Å²) in [6.45, 7) is 1.02. The van der Waals surface area contributed by atoms with Gasteiger partial charge in [0.1, 0.15) is 6.23 Å². The van der Waals surface area contributed by atoms with Gasteiger partial charge in [0.2, 0.25) is 0 Å². The summed E-state index contributed by atoms with van der Waals surface area (Å²) in [6, 6.07) is 6.54. The number of benzene rings is 1. The van der Waals surface area contributed by atoms with E-state index < -0.39 is 0 Å². The van der Waals surface area contributed by atoms with E-state index in [0.29, 0.717) is 0 Å². The Labute approximate surface area is 84.2 Å². The van der Waals surface area contributed by atoms with Crippen molar-refractivity contribution in [2.45, 2.75) is 31.9 Å². The van der Waals surface area contributed by atoms with Crippen LogP contribution in [0.1, 0.15) is 24.0 Å². The van der Waals surface area contributed by atoms with E-state index in [1.54, 1.807) is 0 Å². The highest BCUT2D eigenvalue weighted by Gasteiger charge is 2.28. The van der Waals surface area contributed by atoms with Crippen LogP contribution in [0.3, 0.4) is 0 Å². The lowest BCUT2D eigenvalue weighted by molar-refractivity contribution is 0.151. The molecule has 0 aliphatic carbocycles. The van der Waals surface area contributed by atoms with Crippen LogP contribution < -0.4 is 4.90 Å². The lowest BCUT2D eigenvalue weighted by atomic mass is 9.91. The third-order valence-corrected chi connectivity index (χ3v) is 3.37. The van der Waals surface area contributed by atoms with Gasteiger partial charge < -0.3 is 10.0 Å². The predicted molar refractivity (Wildman–Crippen MR) is 56.4 cm³/mol. The van der Waals surface area contributed by atoms with Gasteiger partial charge >= 0.3 is 0 Å². The first-order valence-corrected chi connectivity index (χ1v) is 5.42. The average molecular weight is 189 g/mol. The molecule has 1 aromatic rings. The van der Waals surface area contributed by atoms with Crippen LogP contribution in [0.15, 0.2) is 18.2 Å². The molecule has 0 amide bonds. The molecule has 1 N–H and O–H groups in total. The molecule has 2 aliphatic heterocycles. The van der Waals surface area contributed by atoms with E-state index in [9.17, 15) is 5.11 Å². The molecular weight excluding hydrogens is 174 g/mol. The SMILES string of the molecule is OC1CCc2cccc3c2N1CCC3. The van der Waals surface area contributed by atoms with Crippen molar-refractivity contribution in [2.75, 3.05) is 11.4 Å². The van der Waals surface area contributed by atoms with Crippen LogP contribution in [0.4, 0.5) is 5.69 Å². The summed E-state index contributed by atoms with van der Waals surface area (Å²) in [5.41, 5.74) is 4.18. The van der Waals surface area contributed by atoms with Crippen molar-refractivity contribution in [3.63, 3.8) is 0 Å². The molecule has 0 bridgehead atoms. The van der Waals surface area contributed by atoms with E-state index in [0.717, 1.165) is 19.4 Å². The Morgan fingerprint density at radius 1 is 1.21 bits per heavy atom. The third-order valence-electron chi connectivity index (χ3n) is 3.37. The van der Waals surface area contributed by atoms with Gasteiger partial charge in [-0.1, -0.05) is 18.2 Å². The van der Waals surface area contributed by atoms with Gasteiger partial charge in [-0.3, -0.25) is 0 Å². The fourth-order valence-corrected chi connectivity index (χ4v) is 2.71. The number of anilines is 1. The lowest BCUT2D eigenvalue weighted by Gasteiger charge is -2.40. The minimum Gasteiger partial charge on any atom is -0.374 e. The van der Waals surface area contributed by atoms with Crippen LogP contribution >= 0.6 is 0 Å². The summed E-state index contributed by atoms with van der Waals surface area (Å²) in [4.78, 5) is 2.18. The molecule has 1 unspecified atom stereocenters. The number of hydrogen-bond donors (Lipinski definition) is 1. The van der Waals surface area contributed by atoms with Crippen molar-refractivity contribution in [3.8, 4) is 0 Å². The molecule has 2 heteroatoms. The number of hydrogen-bond acceptors (Lipinski definition) is 2. The molecule has 1 aromatic carbocycles. The fourth-order valence-electron chi connectivity index (χ4n) is 2.71. The van der Waals surface area contributed by atoms with E-state index in [1.165, 1.54) is 29.7 Å². The molecular formula is C12H15NO. The van der Waals surface area contributed by atoms with Crippen LogP contribution in [0.2, 0.25) is 0 Å². The highest BCUT2D eigenvalue weighted by atomic mass is 16.3. The van der Waals surface area contributed by atoms with E-state index in [1.807, 2.05) is 0 Å². The highest BCUT2D eigenvalue weighted by molar-refractivity contribution is 5.63. The third kappa shape index (κ3) is 1.07. The molecule has 0 saturated carbocycles. The zero-order chi connectivity index (χ0) is 9.54. The quantitative estimate of drug-likeness (QED) is 0.671. The average Bonchev–Trinajstić information content (AvgIpc) is 2.24. The molecule has 0 aromatic heterocycles. The van der Waals surface area contributed by atoms with Crippen LogP contribution in [-0.4, -0.2) is 17.9 Å². The van der Waals surface area contributed by atoms with Crippen molar-refractivity contribution in [1.82, 2.24) is 0 Å². The van der Waals surface area contributed by atoms with Gasteiger partial charge in [-0.05, 0) is 36.8 Å². The number of aliphatic hydroxyl groups is 1. The number of rotatable bonds is 0. The fraction of sp³-hybridized carbons (Fsp3) is 0.500. The van der Waals surface area contributed by atoms with E-state index in [4.69, 9.17) is 0 Å². The standard InChI is InChI=1S/C12H15NO/c14-11-7-6-10-4-1-3-9-5-2-8-13(11)12(9)10/h1,3-4,11,14H,2,5-8H2. The Kier molecular flexibility index (Phi) is 1.77. The lowest BCUT2D eigenvalue weighted by Crippen LogP contribution is -2.42. The van der Waals surface area contributed by atoms with Gasteiger partial charge in [0.15, 0.2) is 0 Å². The van der Waals surface area contributed by atoms with E-state index >= 15 is 0 Å². The van der Waals surface area contributed by atoms with Crippen LogP contribution in [-0.2, 0) is 12.8 Å². The molecule has 14 heavy (non-hydrogen) atoms. The smallest absolute Gasteiger partial charge is 0.127 e. The first-order chi connectivity index (χ1) is 6.86. The minimum atomic E-state index is -0.246. The van der Waals surface area contributed by atoms with Gasteiger partial charge in [-0.15, -0.1) is 0 Å². The largest absolute Gasteiger partial charge is 0.374 e. The Morgan fingerprint density at radius 3 is 2.86 bits per heavy atom. The maximum atomic E-state index is 9.90. The van der Waals surface area contributed by atoms with Crippen molar-refractivity contribution >= 4 is 5.69 Å². The van der Waals surface area contributed by atoms with Gasteiger partial charge in [0, 0.05) is 12.2 Å². The predicted octanol–water partition coefficient (Wildman–Crippen LogP) is 1.70. The summed E-state index contributed by atoms with van der Waals surface area (Å²) >= 11 is 0. The Hall–Kier alpha value is -1.02. The minimum absolute atomic E-state index is 0.246. The second kappa shape index (κ2) is 2.99. The van der Waals surface area contributed by atoms with E-state index in [-0.39, 0.29) is 6.23 Å². The second-order valence-electron chi connectivity index (χ2n) is 4.24. The molecule has 2 nitrogen and oxygen atoms in total. The molecule has 0 fully saturated rings. The molecule has 3 rings (SSSR count). The topological polar surface area (TPSA) is 23.5 Å². The molecule has 2 heterocycles. The molecule has 0 radical (unpaired) electrons. The van der Waals surface area contributed by atoms with Gasteiger partial charge in [-0.2, -0.15) is 0 Å². The zero-order valence-corrected chi connectivity index (χ0v) is 8.24. The molecule has 1 atom stereocenters. The number of para-hydroxylation sites is 1. The van der Waals surface area contributed by atoms with Gasteiger partial charge in [-0.25, -0.2) is 0 Å². The number of aryl methyl sites for hydroxylation is 2. The summed E-state index contributed by atoms with van der Waals surface area (Å²) in [7, 11) is 0. The summed E-state index contributed by atoms with van der Waals surface area (Å²) in [6.07, 6.45) is 4.01. The van der Waals surface area contributed by atoms with Crippen molar-refractivity contribution in [1.29, 1.82) is 0 Å². The second-order valence-corrected chi connectivity index (χ2v) is 4.24. The van der Waals surface area contributed by atoms with Crippen LogP contribution in [0, 0.1) is 0 Å². The Morgan fingerprint density at radius 2 is 2.00 bits per heavy atom. The Bertz CT molecular complexity index is 347. The van der Waals surface area contributed by atoms with E-state index in [2.05, 4.69) is 23.1 Å². The Balaban J connectivity index is 2.17. The number of nitrogens with zero attached hydrogens (tertiary/aromatic N) is 1. The first kappa shape index (κ1) is 8.30. The molecule has 74 valence electrons. The summed E-state index contributed by atoms with van der Waals surface area (Å²) < 4.78 is 0. The summed E-state index contributed by atoms with van der Waals surface area (Å²) in [5.74, 6) is 0. The van der Waals surface area contributed by atoms with Crippen LogP contribution in [0.5, 0.6) is 0 Å². The van der Waals surface area contributed by atoms with Gasteiger partial charge in [0.05, 0.1) is 0 Å². The maximum absolute atomic E-state index is 9.90. The molecule has 0 saturated heterocycles. The van der Waals surface area contributed by atoms with Crippen molar-refractivity contribution in [3.05, 3.63) is 29.3 Å². The monoisotopic (exact) mass is 189 g/mol. The maximum Gasteiger partial charge on any atom is 0.127 e. The molecule has 0 spiro atoms. The summed E-state index contributed by atoms with van der Waals surface area (Å²) in [5, 5.41) is 9.90. The van der Waals surface area contributed by atoms with Crippen molar-refractivity contribution in [2.24, 2.45) is 0 Å². The number of aliphatic hydroxyl groups excluding tert-OH is 1. The van der Waals surface area contributed by atoms with Crippen molar-refractivity contribution < 1.29 is 5.11 Å². The first-order valence-electron chi connectivity index (χ1n) is 5.42. The highest BCUT2D eigenvalue weighted by Crippen LogP contribution is 2.36. The van der Waals surface area contributed by atoms with Crippen LogP contribution in [0.25, 0.3) is 0 Å². The van der Waals surface area contributed by atoms with Gasteiger partial charge in [0.25, 0.3) is 0 Å². The molecule has 2 aliphatic rings. The normalized spacial score (nSPS) is 24.6.